The number of hydrogen-bond donors (Lipinski definition) is 1. The van der Waals surface area contributed by atoms with Crippen LogP contribution in [-0.2, 0) is 6.54 Å². The molecular weight excluding hydrogens is 286 g/mol. The molecule has 1 N–H and O–H groups in total. The molecule has 0 aliphatic heterocycles. The standard InChI is InChI=1S/C10H12BrN5O/c1-3-16-6-7(4-13-16)14-10-12-5-8(11)9(15-10)17-2/h4-6H,3H2,1-2H3,(H,12,14,15). The van der Waals surface area contributed by atoms with Crippen molar-refractivity contribution < 1.29 is 4.74 Å². The quantitative estimate of drug-likeness (QED) is 0.937. The minimum absolute atomic E-state index is 0.473. The molecule has 2 rings (SSSR count). The molecule has 0 saturated heterocycles. The summed E-state index contributed by atoms with van der Waals surface area (Å²) in [6.45, 7) is 2.85. The van der Waals surface area contributed by atoms with Gasteiger partial charge in [0, 0.05) is 12.7 Å². The van der Waals surface area contributed by atoms with Gasteiger partial charge in [-0.05, 0) is 22.9 Å². The third-order valence-corrected chi connectivity index (χ3v) is 2.66. The van der Waals surface area contributed by atoms with E-state index in [0.29, 0.717) is 11.8 Å². The van der Waals surface area contributed by atoms with E-state index in [1.54, 1.807) is 19.5 Å². The number of ether oxygens (including phenoxy) is 1. The molecule has 0 aliphatic rings. The van der Waals surface area contributed by atoms with Crippen molar-refractivity contribution in [2.24, 2.45) is 0 Å². The lowest BCUT2D eigenvalue weighted by Gasteiger charge is -2.05. The van der Waals surface area contributed by atoms with Crippen LogP contribution in [0.4, 0.5) is 11.6 Å². The summed E-state index contributed by atoms with van der Waals surface area (Å²) >= 11 is 3.30. The van der Waals surface area contributed by atoms with Gasteiger partial charge in [0.05, 0.1) is 29.7 Å². The zero-order valence-electron chi connectivity index (χ0n) is 9.51. The minimum Gasteiger partial charge on any atom is -0.480 e. The molecule has 0 radical (unpaired) electrons. The molecule has 6 nitrogen and oxygen atoms in total. The van der Waals surface area contributed by atoms with Gasteiger partial charge in [-0.15, -0.1) is 0 Å². The first-order valence-electron chi connectivity index (χ1n) is 5.09. The number of methoxy groups -OCH3 is 1. The van der Waals surface area contributed by atoms with Crippen LogP contribution in [0.1, 0.15) is 6.92 Å². The van der Waals surface area contributed by atoms with E-state index in [1.165, 1.54) is 0 Å². The second-order valence-electron chi connectivity index (χ2n) is 3.26. The number of aryl methyl sites for hydroxylation is 1. The van der Waals surface area contributed by atoms with Crippen LogP contribution in [0, 0.1) is 0 Å². The molecule has 0 spiro atoms. The van der Waals surface area contributed by atoms with Crippen molar-refractivity contribution in [3.63, 3.8) is 0 Å². The average molecular weight is 298 g/mol. The first kappa shape index (κ1) is 11.8. The Bertz CT molecular complexity index is 513. The highest BCUT2D eigenvalue weighted by atomic mass is 79.9. The van der Waals surface area contributed by atoms with E-state index in [1.807, 2.05) is 17.8 Å². The Morgan fingerprint density at radius 2 is 2.29 bits per heavy atom. The lowest BCUT2D eigenvalue weighted by Crippen LogP contribution is -1.99. The van der Waals surface area contributed by atoms with E-state index in [0.717, 1.165) is 16.7 Å². The summed E-state index contributed by atoms with van der Waals surface area (Å²) < 4.78 is 7.63. The third-order valence-electron chi connectivity index (χ3n) is 2.12. The van der Waals surface area contributed by atoms with Crippen LogP contribution in [0.15, 0.2) is 23.1 Å². The number of nitrogens with zero attached hydrogens (tertiary/aromatic N) is 4. The van der Waals surface area contributed by atoms with E-state index in [4.69, 9.17) is 4.74 Å². The highest BCUT2D eigenvalue weighted by Crippen LogP contribution is 2.23. The highest BCUT2D eigenvalue weighted by Gasteiger charge is 2.06. The van der Waals surface area contributed by atoms with E-state index in [2.05, 4.69) is 36.3 Å². The summed E-state index contributed by atoms with van der Waals surface area (Å²) in [6.07, 6.45) is 5.25. The lowest BCUT2D eigenvalue weighted by atomic mass is 10.5. The van der Waals surface area contributed by atoms with E-state index >= 15 is 0 Å². The van der Waals surface area contributed by atoms with Gasteiger partial charge in [-0.1, -0.05) is 0 Å². The topological polar surface area (TPSA) is 64.9 Å². The number of halogens is 1. The summed E-state index contributed by atoms with van der Waals surface area (Å²) in [5.41, 5.74) is 0.844. The number of rotatable bonds is 4. The zero-order valence-corrected chi connectivity index (χ0v) is 11.1. The van der Waals surface area contributed by atoms with Crippen molar-refractivity contribution >= 4 is 27.6 Å². The van der Waals surface area contributed by atoms with Crippen LogP contribution in [0.3, 0.4) is 0 Å². The largest absolute Gasteiger partial charge is 0.480 e. The summed E-state index contributed by atoms with van der Waals surface area (Å²) in [5, 5.41) is 7.20. The van der Waals surface area contributed by atoms with Gasteiger partial charge in [-0.25, -0.2) is 4.98 Å². The summed E-state index contributed by atoms with van der Waals surface area (Å²) in [6, 6.07) is 0. The molecule has 2 aromatic rings. The fraction of sp³-hybridized carbons (Fsp3) is 0.300. The molecule has 0 aromatic carbocycles. The third kappa shape index (κ3) is 2.73. The van der Waals surface area contributed by atoms with Crippen LogP contribution in [0.2, 0.25) is 0 Å². The Morgan fingerprint density at radius 1 is 1.47 bits per heavy atom. The Hall–Kier alpha value is -1.63. The molecule has 0 bridgehead atoms. The molecule has 0 aliphatic carbocycles. The second kappa shape index (κ2) is 5.13. The smallest absolute Gasteiger partial charge is 0.232 e. The minimum atomic E-state index is 0.473. The van der Waals surface area contributed by atoms with E-state index < -0.39 is 0 Å². The van der Waals surface area contributed by atoms with Crippen molar-refractivity contribution in [1.29, 1.82) is 0 Å². The number of aromatic nitrogens is 4. The highest BCUT2D eigenvalue weighted by molar-refractivity contribution is 9.10. The first-order valence-corrected chi connectivity index (χ1v) is 5.88. The number of anilines is 2. The predicted octanol–water partition coefficient (Wildman–Crippen LogP) is 2.21. The van der Waals surface area contributed by atoms with Gasteiger partial charge in [0.25, 0.3) is 0 Å². The van der Waals surface area contributed by atoms with E-state index in [-0.39, 0.29) is 0 Å². The van der Waals surface area contributed by atoms with Gasteiger partial charge in [0.1, 0.15) is 0 Å². The maximum atomic E-state index is 5.09. The Morgan fingerprint density at radius 3 is 2.94 bits per heavy atom. The Balaban J connectivity index is 2.18. The van der Waals surface area contributed by atoms with Crippen molar-refractivity contribution in [3.8, 4) is 5.88 Å². The summed E-state index contributed by atoms with van der Waals surface area (Å²) in [5.74, 6) is 0.964. The number of nitrogens with one attached hydrogen (secondary N) is 1. The van der Waals surface area contributed by atoms with Crippen LogP contribution < -0.4 is 10.1 Å². The normalized spacial score (nSPS) is 10.3. The lowest BCUT2D eigenvalue weighted by molar-refractivity contribution is 0.394. The van der Waals surface area contributed by atoms with Crippen LogP contribution in [-0.4, -0.2) is 26.9 Å². The van der Waals surface area contributed by atoms with Crippen molar-refractivity contribution in [1.82, 2.24) is 19.7 Å². The maximum absolute atomic E-state index is 5.09. The van der Waals surface area contributed by atoms with Crippen molar-refractivity contribution in [2.75, 3.05) is 12.4 Å². The molecule has 7 heteroatoms. The van der Waals surface area contributed by atoms with Crippen LogP contribution in [0.25, 0.3) is 0 Å². The second-order valence-corrected chi connectivity index (χ2v) is 4.11. The van der Waals surface area contributed by atoms with E-state index in [9.17, 15) is 0 Å². The molecule has 0 saturated carbocycles. The van der Waals surface area contributed by atoms with Gasteiger partial charge in [0.2, 0.25) is 11.8 Å². The predicted molar refractivity (Wildman–Crippen MR) is 67.5 cm³/mol. The van der Waals surface area contributed by atoms with Crippen LogP contribution in [0.5, 0.6) is 5.88 Å². The Labute approximate surface area is 107 Å². The maximum Gasteiger partial charge on any atom is 0.232 e. The van der Waals surface area contributed by atoms with Crippen LogP contribution >= 0.6 is 15.9 Å². The van der Waals surface area contributed by atoms with Gasteiger partial charge in [0.15, 0.2) is 0 Å². The molecule has 17 heavy (non-hydrogen) atoms. The fourth-order valence-corrected chi connectivity index (χ4v) is 1.64. The SMILES string of the molecule is CCn1cc(Nc2ncc(Br)c(OC)n2)cn1. The van der Waals surface area contributed by atoms with Gasteiger partial charge in [-0.3, -0.25) is 4.68 Å². The zero-order chi connectivity index (χ0) is 12.3. The molecule has 2 heterocycles. The molecular formula is C10H12BrN5O. The van der Waals surface area contributed by atoms with Crippen molar-refractivity contribution in [2.45, 2.75) is 13.5 Å². The molecule has 0 unspecified atom stereocenters. The Kier molecular flexibility index (Phi) is 3.58. The molecule has 90 valence electrons. The fourth-order valence-electron chi connectivity index (χ4n) is 1.29. The van der Waals surface area contributed by atoms with Gasteiger partial charge in [-0.2, -0.15) is 10.1 Å². The first-order chi connectivity index (χ1) is 8.22. The average Bonchev–Trinajstić information content (AvgIpc) is 2.79. The van der Waals surface area contributed by atoms with Gasteiger partial charge >= 0.3 is 0 Å². The summed E-state index contributed by atoms with van der Waals surface area (Å²) in [4.78, 5) is 8.32. The summed E-state index contributed by atoms with van der Waals surface area (Å²) in [7, 11) is 1.56. The molecule has 0 fully saturated rings. The monoisotopic (exact) mass is 297 g/mol. The van der Waals surface area contributed by atoms with Gasteiger partial charge < -0.3 is 10.1 Å². The van der Waals surface area contributed by atoms with Crippen molar-refractivity contribution in [3.05, 3.63) is 23.1 Å². The molecule has 0 atom stereocenters. The molecule has 0 amide bonds. The number of hydrogen-bond acceptors (Lipinski definition) is 5. The molecule has 2 aromatic heterocycles.